The summed E-state index contributed by atoms with van der Waals surface area (Å²) in [7, 11) is 0. The van der Waals surface area contributed by atoms with Gasteiger partial charge in [-0.1, -0.05) is 6.92 Å². The third-order valence-corrected chi connectivity index (χ3v) is 5.00. The van der Waals surface area contributed by atoms with Crippen LogP contribution >= 0.6 is 23.6 Å². The van der Waals surface area contributed by atoms with Gasteiger partial charge in [-0.25, -0.2) is 0 Å². The second-order valence-electron chi connectivity index (χ2n) is 4.79. The van der Waals surface area contributed by atoms with Gasteiger partial charge in [-0.2, -0.15) is 0 Å². The second-order valence-corrected chi connectivity index (χ2v) is 6.31. The summed E-state index contributed by atoms with van der Waals surface area (Å²) in [5.74, 6) is 0. The number of nitrogens with zero attached hydrogens (tertiary/aromatic N) is 1. The van der Waals surface area contributed by atoms with E-state index in [1.165, 1.54) is 4.88 Å². The van der Waals surface area contributed by atoms with Crippen molar-refractivity contribution >= 4 is 33.8 Å². The summed E-state index contributed by atoms with van der Waals surface area (Å²) in [5.41, 5.74) is 0.00481. The summed E-state index contributed by atoms with van der Waals surface area (Å²) >= 11 is 6.92. The van der Waals surface area contributed by atoms with E-state index in [2.05, 4.69) is 11.9 Å². The Kier molecular flexibility index (Phi) is 3.56. The molecule has 0 radical (unpaired) electrons. The maximum absolute atomic E-state index is 12.5. The molecule has 0 spiro atoms. The molecule has 0 amide bonds. The summed E-state index contributed by atoms with van der Waals surface area (Å²) in [6, 6.07) is 1.97. The molecule has 2 aromatic rings. The van der Waals surface area contributed by atoms with Crippen molar-refractivity contribution in [3.8, 4) is 0 Å². The zero-order valence-electron chi connectivity index (χ0n) is 10.8. The molecule has 1 aliphatic rings. The zero-order valence-corrected chi connectivity index (χ0v) is 12.4. The van der Waals surface area contributed by atoms with Crippen LogP contribution in [0.15, 0.2) is 10.9 Å². The molecular weight excluding hydrogens is 280 g/mol. The highest BCUT2D eigenvalue weighted by molar-refractivity contribution is 7.71. The number of fused-ring (bicyclic) bond motifs is 1. The predicted octanol–water partition coefficient (Wildman–Crippen LogP) is 2.86. The lowest BCUT2D eigenvalue weighted by atomic mass is 10.2. The van der Waals surface area contributed by atoms with Gasteiger partial charge in [0.1, 0.15) is 4.83 Å². The number of nitrogens with one attached hydrogen (secondary N) is 1. The molecule has 0 saturated carbocycles. The highest BCUT2D eigenvalue weighted by Gasteiger charge is 2.18. The molecule has 1 saturated heterocycles. The summed E-state index contributed by atoms with van der Waals surface area (Å²) in [6.45, 7) is 3.43. The lowest BCUT2D eigenvalue weighted by molar-refractivity contribution is 0.0957. The largest absolute Gasteiger partial charge is 0.376 e. The smallest absolute Gasteiger partial charge is 0.263 e. The van der Waals surface area contributed by atoms with Gasteiger partial charge in [0.15, 0.2) is 4.77 Å². The van der Waals surface area contributed by atoms with E-state index in [-0.39, 0.29) is 11.7 Å². The van der Waals surface area contributed by atoms with Gasteiger partial charge in [-0.3, -0.25) is 9.36 Å². The molecule has 1 N–H and O–H groups in total. The van der Waals surface area contributed by atoms with E-state index in [1.54, 1.807) is 15.9 Å². The van der Waals surface area contributed by atoms with Crippen molar-refractivity contribution in [3.05, 3.63) is 26.1 Å². The number of rotatable bonds is 3. The highest BCUT2D eigenvalue weighted by atomic mass is 32.1. The van der Waals surface area contributed by atoms with Gasteiger partial charge < -0.3 is 9.72 Å². The maximum Gasteiger partial charge on any atom is 0.263 e. The van der Waals surface area contributed by atoms with Crippen LogP contribution in [0.25, 0.3) is 10.2 Å². The molecule has 1 atom stereocenters. The quantitative estimate of drug-likeness (QED) is 0.886. The Morgan fingerprint density at radius 2 is 2.47 bits per heavy atom. The Bertz CT molecular complexity index is 707. The van der Waals surface area contributed by atoms with Crippen LogP contribution in [-0.4, -0.2) is 22.3 Å². The van der Waals surface area contributed by atoms with Crippen molar-refractivity contribution in [2.24, 2.45) is 0 Å². The van der Waals surface area contributed by atoms with Crippen LogP contribution in [0.4, 0.5) is 0 Å². The number of aryl methyl sites for hydroxylation is 1. The average Bonchev–Trinajstić information content (AvgIpc) is 3.03. The van der Waals surface area contributed by atoms with Gasteiger partial charge in [0, 0.05) is 11.5 Å². The van der Waals surface area contributed by atoms with E-state index < -0.39 is 0 Å². The van der Waals surface area contributed by atoms with Crippen LogP contribution in [0.2, 0.25) is 0 Å². The van der Waals surface area contributed by atoms with Crippen molar-refractivity contribution in [1.29, 1.82) is 0 Å². The van der Waals surface area contributed by atoms with Gasteiger partial charge in [-0.05, 0) is 37.5 Å². The highest BCUT2D eigenvalue weighted by Crippen LogP contribution is 2.22. The Balaban J connectivity index is 2.08. The van der Waals surface area contributed by atoms with Crippen LogP contribution in [-0.2, 0) is 17.7 Å². The first-order valence-electron chi connectivity index (χ1n) is 6.56. The van der Waals surface area contributed by atoms with Crippen molar-refractivity contribution in [2.75, 3.05) is 6.61 Å². The molecule has 0 bridgehead atoms. The fourth-order valence-corrected chi connectivity index (χ4v) is 3.74. The van der Waals surface area contributed by atoms with Crippen molar-refractivity contribution in [1.82, 2.24) is 9.55 Å². The zero-order chi connectivity index (χ0) is 13.4. The van der Waals surface area contributed by atoms with E-state index in [4.69, 9.17) is 17.0 Å². The van der Waals surface area contributed by atoms with Crippen molar-refractivity contribution < 1.29 is 4.74 Å². The molecule has 1 aliphatic heterocycles. The monoisotopic (exact) mass is 296 g/mol. The summed E-state index contributed by atoms with van der Waals surface area (Å²) < 4.78 is 7.72. The summed E-state index contributed by atoms with van der Waals surface area (Å²) in [5, 5.41) is 0.744. The lowest BCUT2D eigenvalue weighted by Gasteiger charge is -2.11. The van der Waals surface area contributed by atoms with Gasteiger partial charge in [0.25, 0.3) is 5.56 Å². The Morgan fingerprint density at radius 1 is 1.63 bits per heavy atom. The molecular formula is C13H16N2O2S2. The summed E-state index contributed by atoms with van der Waals surface area (Å²) in [4.78, 5) is 17.7. The number of hydrogen-bond acceptors (Lipinski definition) is 4. The molecule has 0 unspecified atom stereocenters. The second kappa shape index (κ2) is 5.19. The maximum atomic E-state index is 12.5. The van der Waals surface area contributed by atoms with Crippen molar-refractivity contribution in [2.45, 2.75) is 38.8 Å². The Morgan fingerprint density at radius 3 is 3.16 bits per heavy atom. The number of aromatic nitrogens is 2. The number of H-pyrrole nitrogens is 1. The molecule has 19 heavy (non-hydrogen) atoms. The Labute approximate surface area is 120 Å². The van der Waals surface area contributed by atoms with Crippen LogP contribution in [0.1, 0.15) is 24.6 Å². The number of aromatic amines is 1. The Hall–Kier alpha value is -0.980. The van der Waals surface area contributed by atoms with Crippen LogP contribution in [0.3, 0.4) is 0 Å². The minimum atomic E-state index is 0.00481. The van der Waals surface area contributed by atoms with E-state index in [0.29, 0.717) is 11.3 Å². The van der Waals surface area contributed by atoms with Crippen LogP contribution < -0.4 is 5.56 Å². The molecule has 1 fully saturated rings. The van der Waals surface area contributed by atoms with Crippen molar-refractivity contribution in [3.63, 3.8) is 0 Å². The molecule has 0 aromatic carbocycles. The van der Waals surface area contributed by atoms with E-state index in [1.807, 2.05) is 6.07 Å². The molecule has 0 aliphatic carbocycles. The van der Waals surface area contributed by atoms with Gasteiger partial charge >= 0.3 is 0 Å². The minimum absolute atomic E-state index is 0.00481. The van der Waals surface area contributed by atoms with Gasteiger partial charge in [-0.15, -0.1) is 11.3 Å². The SMILES string of the molecule is CCc1cc2c(=O)n(C[C@@H]3CCCO3)c(=S)[nH]c2s1. The third-order valence-electron chi connectivity index (χ3n) is 3.48. The molecule has 102 valence electrons. The average molecular weight is 296 g/mol. The molecule has 3 heterocycles. The fraction of sp³-hybridized carbons (Fsp3) is 0.538. The number of hydrogen-bond donors (Lipinski definition) is 1. The normalized spacial score (nSPS) is 19.3. The standard InChI is InChI=1S/C13H16N2O2S2/c1-2-9-6-10-11(19-9)14-13(18)15(12(10)16)7-8-4-3-5-17-8/h6,8H,2-5,7H2,1H3,(H,14,18)/t8-/m0/s1. The minimum Gasteiger partial charge on any atom is -0.376 e. The fourth-order valence-electron chi connectivity index (χ4n) is 2.43. The molecule has 6 heteroatoms. The van der Waals surface area contributed by atoms with Gasteiger partial charge in [0.2, 0.25) is 0 Å². The van der Waals surface area contributed by atoms with Crippen LogP contribution in [0.5, 0.6) is 0 Å². The predicted molar refractivity (Wildman–Crippen MR) is 79.6 cm³/mol. The first kappa shape index (κ1) is 13.0. The molecule has 2 aromatic heterocycles. The number of ether oxygens (including phenoxy) is 1. The van der Waals surface area contributed by atoms with E-state index in [0.717, 1.165) is 36.1 Å². The molecule has 3 rings (SSSR count). The first-order valence-corrected chi connectivity index (χ1v) is 7.78. The third kappa shape index (κ3) is 2.40. The van der Waals surface area contributed by atoms with Crippen LogP contribution in [0, 0.1) is 4.77 Å². The number of thiophene rings is 1. The lowest BCUT2D eigenvalue weighted by Crippen LogP contribution is -2.27. The van der Waals surface area contributed by atoms with E-state index in [9.17, 15) is 4.79 Å². The topological polar surface area (TPSA) is 47.0 Å². The summed E-state index contributed by atoms with van der Waals surface area (Å²) in [6.07, 6.45) is 3.12. The van der Waals surface area contributed by atoms with E-state index >= 15 is 0 Å². The first-order chi connectivity index (χ1) is 9.19. The van der Waals surface area contributed by atoms with Gasteiger partial charge in [0.05, 0.1) is 18.0 Å². The molecule has 4 nitrogen and oxygen atoms in total.